The molecule has 0 saturated heterocycles. The van der Waals surface area contributed by atoms with E-state index in [1.54, 1.807) is 24.3 Å². The van der Waals surface area contributed by atoms with Gasteiger partial charge in [0.25, 0.3) is 5.91 Å². The van der Waals surface area contributed by atoms with Gasteiger partial charge in [0.1, 0.15) is 11.4 Å². The molecule has 28 heavy (non-hydrogen) atoms. The molecule has 1 amide bonds. The fraction of sp³-hybridized carbons (Fsp3) is 0.190. The number of ether oxygens (including phenoxy) is 1. The van der Waals surface area contributed by atoms with E-state index in [1.807, 2.05) is 31.2 Å². The molecule has 0 atom stereocenters. The molecule has 1 heterocycles. The van der Waals surface area contributed by atoms with Crippen LogP contribution in [0.25, 0.3) is 0 Å². The number of para-hydroxylation sites is 1. The molecule has 1 aromatic heterocycles. The van der Waals surface area contributed by atoms with Gasteiger partial charge >= 0.3 is 0 Å². The van der Waals surface area contributed by atoms with Gasteiger partial charge in [0.15, 0.2) is 0 Å². The van der Waals surface area contributed by atoms with E-state index < -0.39 is 0 Å². The number of aromatic nitrogens is 2. The molecule has 2 aromatic carbocycles. The van der Waals surface area contributed by atoms with Crippen molar-refractivity contribution >= 4 is 34.8 Å². The zero-order chi connectivity index (χ0) is 20.1. The Morgan fingerprint density at radius 3 is 2.64 bits per heavy atom. The monoisotopic (exact) mass is 396 g/mol. The first-order chi connectivity index (χ1) is 13.5. The fourth-order valence-corrected chi connectivity index (χ4v) is 3.01. The molecule has 0 saturated carbocycles. The molecule has 3 rings (SSSR count). The van der Waals surface area contributed by atoms with E-state index in [4.69, 9.17) is 16.3 Å². The third kappa shape index (κ3) is 4.58. The lowest BCUT2D eigenvalue weighted by Crippen LogP contribution is -2.15. The highest BCUT2D eigenvalue weighted by molar-refractivity contribution is 6.32. The highest BCUT2D eigenvalue weighted by Gasteiger charge is 2.13. The number of rotatable bonds is 6. The first-order valence-corrected chi connectivity index (χ1v) is 9.23. The van der Waals surface area contributed by atoms with Crippen molar-refractivity contribution in [3.8, 4) is 5.75 Å². The number of carbonyl (C=O) groups is 1. The van der Waals surface area contributed by atoms with E-state index in [0.29, 0.717) is 28.1 Å². The molecule has 0 bridgehead atoms. The van der Waals surface area contributed by atoms with Crippen LogP contribution >= 0.6 is 11.6 Å². The standard InChI is InChI=1S/C21H21ClN4O2/c1-4-14-7-5-6-8-17(14)25-21-23-13(2)11-18(26-21)20(27)24-15-9-10-19(28-3)16(22)12-15/h5-12H,4H2,1-3H3,(H,24,27)(H,23,25,26). The molecule has 144 valence electrons. The summed E-state index contributed by atoms with van der Waals surface area (Å²) in [6.07, 6.45) is 0.876. The molecule has 3 aromatic rings. The SMILES string of the molecule is CCc1ccccc1Nc1nc(C)cc(C(=O)Nc2ccc(OC)c(Cl)c2)n1. The lowest BCUT2D eigenvalue weighted by atomic mass is 10.1. The van der Waals surface area contributed by atoms with Gasteiger partial charge in [-0.3, -0.25) is 4.79 Å². The van der Waals surface area contributed by atoms with Crippen LogP contribution in [0.3, 0.4) is 0 Å². The Morgan fingerprint density at radius 2 is 1.93 bits per heavy atom. The maximum Gasteiger partial charge on any atom is 0.274 e. The van der Waals surface area contributed by atoms with Crippen LogP contribution in [0.2, 0.25) is 5.02 Å². The van der Waals surface area contributed by atoms with E-state index in [9.17, 15) is 4.79 Å². The molecule has 2 N–H and O–H groups in total. The lowest BCUT2D eigenvalue weighted by Gasteiger charge is -2.12. The van der Waals surface area contributed by atoms with E-state index in [2.05, 4.69) is 27.5 Å². The van der Waals surface area contributed by atoms with Gasteiger partial charge in [0, 0.05) is 17.1 Å². The predicted molar refractivity (Wildman–Crippen MR) is 112 cm³/mol. The number of aryl methyl sites for hydroxylation is 2. The molecule has 0 aliphatic rings. The van der Waals surface area contributed by atoms with E-state index in [1.165, 1.54) is 7.11 Å². The largest absolute Gasteiger partial charge is 0.495 e. The van der Waals surface area contributed by atoms with Gasteiger partial charge in [-0.25, -0.2) is 9.97 Å². The summed E-state index contributed by atoms with van der Waals surface area (Å²) in [4.78, 5) is 21.4. The Balaban J connectivity index is 1.82. The Labute approximate surface area is 168 Å². The molecule has 7 heteroatoms. The number of anilines is 3. The van der Waals surface area contributed by atoms with Crippen molar-refractivity contribution < 1.29 is 9.53 Å². The quantitative estimate of drug-likeness (QED) is 0.612. The number of halogens is 1. The van der Waals surface area contributed by atoms with Crippen LogP contribution in [0.15, 0.2) is 48.5 Å². The summed E-state index contributed by atoms with van der Waals surface area (Å²) in [6.45, 7) is 3.90. The number of carbonyl (C=O) groups excluding carboxylic acids is 1. The molecule has 0 fully saturated rings. The van der Waals surface area contributed by atoms with Crippen molar-refractivity contribution in [3.63, 3.8) is 0 Å². The first kappa shape index (κ1) is 19.6. The fourth-order valence-electron chi connectivity index (χ4n) is 2.75. The third-order valence-corrected chi connectivity index (χ3v) is 4.44. The smallest absolute Gasteiger partial charge is 0.274 e. The summed E-state index contributed by atoms with van der Waals surface area (Å²) in [5, 5.41) is 6.42. The Kier molecular flexibility index (Phi) is 6.11. The topological polar surface area (TPSA) is 76.1 Å². The van der Waals surface area contributed by atoms with E-state index >= 15 is 0 Å². The number of amides is 1. The van der Waals surface area contributed by atoms with E-state index in [-0.39, 0.29) is 11.6 Å². The van der Waals surface area contributed by atoms with Crippen molar-refractivity contribution in [1.29, 1.82) is 0 Å². The maximum atomic E-state index is 12.7. The summed E-state index contributed by atoms with van der Waals surface area (Å²) in [5.74, 6) is 0.566. The highest BCUT2D eigenvalue weighted by atomic mass is 35.5. The zero-order valence-corrected chi connectivity index (χ0v) is 16.7. The molecule has 0 radical (unpaired) electrons. The maximum absolute atomic E-state index is 12.7. The van der Waals surface area contributed by atoms with Gasteiger partial charge in [-0.1, -0.05) is 36.7 Å². The normalized spacial score (nSPS) is 10.4. The van der Waals surface area contributed by atoms with Crippen LogP contribution in [0.5, 0.6) is 5.75 Å². The van der Waals surface area contributed by atoms with Crippen LogP contribution in [-0.2, 0) is 6.42 Å². The summed E-state index contributed by atoms with van der Waals surface area (Å²) < 4.78 is 5.12. The van der Waals surface area contributed by atoms with Gasteiger partial charge < -0.3 is 15.4 Å². The van der Waals surface area contributed by atoms with Gasteiger partial charge in [0.05, 0.1) is 12.1 Å². The molecule has 0 unspecified atom stereocenters. The highest BCUT2D eigenvalue weighted by Crippen LogP contribution is 2.27. The molecule has 0 aliphatic heterocycles. The second-order valence-corrected chi connectivity index (χ2v) is 6.56. The van der Waals surface area contributed by atoms with Gasteiger partial charge in [0.2, 0.25) is 5.95 Å². The van der Waals surface area contributed by atoms with Crippen molar-refractivity contribution in [2.45, 2.75) is 20.3 Å². The number of hydrogen-bond acceptors (Lipinski definition) is 5. The zero-order valence-electron chi connectivity index (χ0n) is 15.9. The second-order valence-electron chi connectivity index (χ2n) is 6.16. The predicted octanol–water partition coefficient (Wildman–Crippen LogP) is 5.01. The van der Waals surface area contributed by atoms with Crippen LogP contribution in [0.4, 0.5) is 17.3 Å². The molecular weight excluding hydrogens is 376 g/mol. The Morgan fingerprint density at radius 1 is 1.14 bits per heavy atom. The minimum absolute atomic E-state index is 0.260. The molecule has 0 aliphatic carbocycles. The van der Waals surface area contributed by atoms with Crippen LogP contribution in [0.1, 0.15) is 28.7 Å². The van der Waals surface area contributed by atoms with Crippen molar-refractivity contribution in [3.05, 3.63) is 70.5 Å². The van der Waals surface area contributed by atoms with Gasteiger partial charge in [-0.05, 0) is 49.2 Å². The second kappa shape index (κ2) is 8.71. The summed E-state index contributed by atoms with van der Waals surface area (Å²) in [5.41, 5.74) is 3.56. The summed E-state index contributed by atoms with van der Waals surface area (Å²) in [7, 11) is 1.54. The van der Waals surface area contributed by atoms with Crippen molar-refractivity contribution in [1.82, 2.24) is 9.97 Å². The number of nitrogens with zero attached hydrogens (tertiary/aromatic N) is 2. The summed E-state index contributed by atoms with van der Waals surface area (Å²) in [6, 6.07) is 14.6. The van der Waals surface area contributed by atoms with Crippen LogP contribution < -0.4 is 15.4 Å². The Hall–Kier alpha value is -3.12. The first-order valence-electron chi connectivity index (χ1n) is 8.85. The van der Waals surface area contributed by atoms with Crippen LogP contribution in [0, 0.1) is 6.92 Å². The Bertz CT molecular complexity index is 1010. The molecule has 6 nitrogen and oxygen atoms in total. The average Bonchev–Trinajstić information content (AvgIpc) is 2.68. The third-order valence-electron chi connectivity index (χ3n) is 4.14. The minimum Gasteiger partial charge on any atom is -0.495 e. The number of nitrogens with one attached hydrogen (secondary N) is 2. The molecule has 0 spiro atoms. The molecular formula is C21H21ClN4O2. The number of methoxy groups -OCH3 is 1. The lowest BCUT2D eigenvalue weighted by molar-refractivity contribution is 0.102. The average molecular weight is 397 g/mol. The van der Waals surface area contributed by atoms with Crippen LogP contribution in [-0.4, -0.2) is 23.0 Å². The number of benzene rings is 2. The van der Waals surface area contributed by atoms with Gasteiger partial charge in [-0.2, -0.15) is 0 Å². The van der Waals surface area contributed by atoms with Crippen molar-refractivity contribution in [2.24, 2.45) is 0 Å². The minimum atomic E-state index is -0.349. The van der Waals surface area contributed by atoms with Crippen molar-refractivity contribution in [2.75, 3.05) is 17.7 Å². The summed E-state index contributed by atoms with van der Waals surface area (Å²) >= 11 is 6.12. The van der Waals surface area contributed by atoms with Gasteiger partial charge in [-0.15, -0.1) is 0 Å². The van der Waals surface area contributed by atoms with E-state index in [0.717, 1.165) is 17.7 Å². The number of hydrogen-bond donors (Lipinski definition) is 2.